The number of aromatic nitrogens is 2. The molecule has 1 aromatic heterocycles. The number of carboxylic acids is 1. The van der Waals surface area contributed by atoms with E-state index in [2.05, 4.69) is 19.8 Å². The van der Waals surface area contributed by atoms with Gasteiger partial charge in [-0.2, -0.15) is 9.36 Å². The van der Waals surface area contributed by atoms with Crippen molar-refractivity contribution in [2.75, 3.05) is 51.4 Å². The molecule has 2 atom stereocenters. The van der Waals surface area contributed by atoms with E-state index in [1.807, 2.05) is 0 Å². The van der Waals surface area contributed by atoms with Gasteiger partial charge >= 0.3 is 0 Å². The number of fused-ring (bicyclic) bond motifs is 4. The minimum Gasteiger partial charge on any atom is -0.543 e. The number of amides is 2. The molecule has 36 heavy (non-hydrogen) atoms. The third kappa shape index (κ3) is 4.13. The van der Waals surface area contributed by atoms with E-state index in [1.165, 1.54) is 23.8 Å². The monoisotopic (exact) mass is 537 g/mol. The number of hydrogen-bond acceptors (Lipinski definition) is 12. The molecule has 0 radical (unpaired) electrons. The molecule has 0 aliphatic carbocycles. The van der Waals surface area contributed by atoms with Crippen LogP contribution in [-0.4, -0.2) is 104 Å². The Morgan fingerprint density at radius 1 is 1.36 bits per heavy atom. The number of oxime groups is 1. The van der Waals surface area contributed by atoms with Crippen LogP contribution < -0.4 is 16.2 Å². The van der Waals surface area contributed by atoms with Gasteiger partial charge in [-0.05, 0) is 0 Å². The molecule has 15 heteroatoms. The highest BCUT2D eigenvalue weighted by atomic mass is 32.2. The number of hydrogen-bond donors (Lipinski definition) is 3. The van der Waals surface area contributed by atoms with Gasteiger partial charge in [-0.15, -0.1) is 11.8 Å². The fraction of sp³-hybridized carbons (Fsp3) is 0.619. The van der Waals surface area contributed by atoms with Crippen LogP contribution in [0.3, 0.4) is 0 Å². The molecule has 194 valence electrons. The Morgan fingerprint density at radius 3 is 2.61 bits per heavy atom. The van der Waals surface area contributed by atoms with Gasteiger partial charge in [0.15, 0.2) is 5.13 Å². The number of carbonyl (C=O) groups excluding carboxylic acids is 3. The van der Waals surface area contributed by atoms with Crippen LogP contribution in [0.25, 0.3) is 0 Å². The van der Waals surface area contributed by atoms with Crippen molar-refractivity contribution >= 4 is 51.9 Å². The molecule has 1 aromatic rings. The van der Waals surface area contributed by atoms with Crippen molar-refractivity contribution in [1.29, 1.82) is 0 Å². The molecular formula is C21H27N7O6S2. The first-order chi connectivity index (χ1) is 17.2. The summed E-state index contributed by atoms with van der Waals surface area (Å²) in [5.74, 6) is -2.27. The number of rotatable bonds is 8. The van der Waals surface area contributed by atoms with Crippen molar-refractivity contribution in [2.45, 2.75) is 30.7 Å². The van der Waals surface area contributed by atoms with Crippen molar-refractivity contribution in [3.05, 3.63) is 17.1 Å². The van der Waals surface area contributed by atoms with E-state index in [0.717, 1.165) is 54.9 Å². The van der Waals surface area contributed by atoms with Crippen LogP contribution in [0.15, 0.2) is 16.4 Å². The molecule has 4 fully saturated rings. The lowest BCUT2D eigenvalue weighted by Crippen LogP contribution is -2.72. The first-order valence-corrected chi connectivity index (χ1v) is 13.4. The number of piperidine rings is 3. The predicted octanol–water partition coefficient (Wildman–Crippen LogP) is -2.13. The third-order valence-corrected chi connectivity index (χ3v) is 9.67. The second-order valence-corrected chi connectivity index (χ2v) is 11.6. The summed E-state index contributed by atoms with van der Waals surface area (Å²) >= 11 is 2.29. The van der Waals surface area contributed by atoms with E-state index in [0.29, 0.717) is 17.9 Å². The Hall–Kier alpha value is -2.75. The first-order valence-electron chi connectivity index (χ1n) is 11.6. The molecule has 13 nitrogen and oxygen atoms in total. The van der Waals surface area contributed by atoms with Gasteiger partial charge in [0.05, 0.1) is 31.3 Å². The average Bonchev–Trinajstić information content (AvgIpc) is 3.31. The van der Waals surface area contributed by atoms with E-state index in [1.54, 1.807) is 0 Å². The van der Waals surface area contributed by atoms with Gasteiger partial charge in [0.1, 0.15) is 25.1 Å². The lowest BCUT2D eigenvalue weighted by atomic mass is 9.71. The summed E-state index contributed by atoms with van der Waals surface area (Å²) in [6.45, 7) is 3.36. The van der Waals surface area contributed by atoms with Crippen molar-refractivity contribution in [3.63, 3.8) is 0 Å². The fourth-order valence-electron chi connectivity index (χ4n) is 5.62. The first kappa shape index (κ1) is 24.9. The van der Waals surface area contributed by atoms with E-state index >= 15 is 0 Å². The van der Waals surface area contributed by atoms with Crippen LogP contribution in [0.1, 0.15) is 25.1 Å². The van der Waals surface area contributed by atoms with E-state index < -0.39 is 29.2 Å². The summed E-state index contributed by atoms with van der Waals surface area (Å²) in [5, 5.41) is 27.8. The number of quaternary nitrogens is 1. The number of carbonyl (C=O) groups is 3. The number of nitrogen functional groups attached to an aromatic ring is 1. The number of β-lactam (4-membered cyclic amide) rings is 1. The summed E-state index contributed by atoms with van der Waals surface area (Å²) in [4.78, 5) is 48.0. The number of nitrogens with zero attached hydrogens (tertiary/aromatic N) is 5. The van der Waals surface area contributed by atoms with Crippen LogP contribution in [0.2, 0.25) is 0 Å². The molecule has 5 aliphatic heterocycles. The minimum absolute atomic E-state index is 0.00158. The number of nitrogens with two attached hydrogens (primary N) is 1. The molecule has 6 heterocycles. The Labute approximate surface area is 215 Å². The molecule has 4 N–H and O–H groups in total. The average molecular weight is 538 g/mol. The fourth-order valence-corrected chi connectivity index (χ4v) is 7.39. The van der Waals surface area contributed by atoms with Gasteiger partial charge in [-0.1, -0.05) is 5.16 Å². The molecule has 5 aliphatic rings. The molecule has 0 aromatic carbocycles. The Bertz CT molecular complexity index is 1140. The topological polar surface area (TPSA) is 183 Å². The molecular weight excluding hydrogens is 510 g/mol. The van der Waals surface area contributed by atoms with Gasteiger partial charge in [-0.25, -0.2) is 0 Å². The quantitative estimate of drug-likeness (QED) is 0.143. The number of anilines is 1. The van der Waals surface area contributed by atoms with Crippen LogP contribution in [0.5, 0.6) is 0 Å². The molecule has 4 saturated heterocycles. The maximum Gasteiger partial charge on any atom is 0.278 e. The largest absolute Gasteiger partial charge is 0.543 e. The Balaban J connectivity index is 1.32. The van der Waals surface area contributed by atoms with Crippen LogP contribution in [-0.2, 0) is 19.2 Å². The van der Waals surface area contributed by atoms with Crippen molar-refractivity contribution < 1.29 is 33.9 Å². The van der Waals surface area contributed by atoms with Crippen LogP contribution in [0, 0.1) is 5.41 Å². The summed E-state index contributed by atoms with van der Waals surface area (Å²) in [7, 11) is 1.26. The maximum absolute atomic E-state index is 13.1. The predicted molar refractivity (Wildman–Crippen MR) is 128 cm³/mol. The Morgan fingerprint density at radius 2 is 2.06 bits per heavy atom. The highest BCUT2D eigenvalue weighted by Crippen LogP contribution is 2.46. The van der Waals surface area contributed by atoms with Gasteiger partial charge in [0.25, 0.3) is 11.8 Å². The van der Waals surface area contributed by atoms with E-state index in [4.69, 9.17) is 10.6 Å². The standard InChI is InChI=1S/C21H27N7O6S2/c1-34-25-12(15-24-20(22)36-26-15)16(30)23-13-17(31)27-14(19(32)33)11(9-35-18(13)27)8-28-5-2-21(10-29,3-6-28)4-7-28/h13,18,29H,2-10H2,1H3,(H3-,22,23,24,26,30,32,33)/b25-12-/t13-,18+,21?,28?/m1/s1. The highest BCUT2D eigenvalue weighted by molar-refractivity contribution is 8.00. The molecule has 0 spiro atoms. The zero-order valence-electron chi connectivity index (χ0n) is 19.6. The van der Waals surface area contributed by atoms with Gasteiger partial charge in [-0.3, -0.25) is 14.5 Å². The smallest absolute Gasteiger partial charge is 0.278 e. The summed E-state index contributed by atoms with van der Waals surface area (Å²) < 4.78 is 4.73. The number of thioether (sulfide) groups is 1. The molecule has 0 unspecified atom stereocenters. The van der Waals surface area contributed by atoms with E-state index in [-0.39, 0.29) is 34.4 Å². The summed E-state index contributed by atoms with van der Waals surface area (Å²) in [6, 6.07) is -0.946. The highest BCUT2D eigenvalue weighted by Gasteiger charge is 2.55. The second-order valence-electron chi connectivity index (χ2n) is 9.76. The SMILES string of the molecule is CO/N=C(\C(=O)N[C@@H]1C(=O)N2C(C(=O)[O-])=C(C[N+]34CCC(CO)(CC3)CC4)CS[C@@H]12)c1nsc(N)n1. The van der Waals surface area contributed by atoms with E-state index in [9.17, 15) is 24.6 Å². The van der Waals surface area contributed by atoms with Crippen molar-refractivity contribution in [2.24, 2.45) is 10.6 Å². The third-order valence-electron chi connectivity index (χ3n) is 7.79. The van der Waals surface area contributed by atoms with Gasteiger partial charge in [0, 0.05) is 54.1 Å². The second kappa shape index (κ2) is 9.28. The molecule has 2 bridgehead atoms. The summed E-state index contributed by atoms with van der Waals surface area (Å²) in [5.41, 5.74) is 5.94. The number of nitrogens with one attached hydrogen (secondary N) is 1. The van der Waals surface area contributed by atoms with Crippen molar-refractivity contribution in [3.8, 4) is 0 Å². The number of aliphatic hydroxyl groups is 1. The molecule has 2 amide bonds. The number of aliphatic hydroxyl groups excluding tert-OH is 1. The van der Waals surface area contributed by atoms with Gasteiger partial charge < -0.3 is 35.4 Å². The summed E-state index contributed by atoms with van der Waals surface area (Å²) in [6.07, 6.45) is 2.73. The zero-order valence-corrected chi connectivity index (χ0v) is 21.3. The minimum atomic E-state index is -1.39. The number of aliphatic carboxylic acids is 1. The Kier molecular flexibility index (Phi) is 6.43. The zero-order chi connectivity index (χ0) is 25.7. The molecule has 6 rings (SSSR count). The van der Waals surface area contributed by atoms with Crippen LogP contribution >= 0.6 is 23.3 Å². The van der Waals surface area contributed by atoms with Crippen molar-refractivity contribution in [1.82, 2.24) is 19.6 Å². The lowest BCUT2D eigenvalue weighted by molar-refractivity contribution is -0.941. The maximum atomic E-state index is 13.1. The lowest BCUT2D eigenvalue weighted by Gasteiger charge is -2.56. The number of carboxylic acid groups (broad SMARTS) is 1. The molecule has 0 saturated carbocycles. The van der Waals surface area contributed by atoms with Gasteiger partial charge in [0.2, 0.25) is 11.5 Å². The normalized spacial score (nSPS) is 31.7. The van der Waals surface area contributed by atoms with Crippen LogP contribution in [0.4, 0.5) is 5.13 Å².